The summed E-state index contributed by atoms with van der Waals surface area (Å²) in [6.45, 7) is 0.960. The number of nitrogens with two attached hydrogens (primary N) is 1. The minimum atomic E-state index is -0.0135. The van der Waals surface area contributed by atoms with Gasteiger partial charge in [0, 0.05) is 6.54 Å². The number of anilines is 1. The van der Waals surface area contributed by atoms with Crippen LogP contribution in [0, 0.1) is 0 Å². The van der Waals surface area contributed by atoms with E-state index < -0.39 is 0 Å². The number of carbonyl (C=O) groups excluding carboxylic acids is 1. The highest BCUT2D eigenvalue weighted by Gasteiger charge is 2.03. The zero-order valence-corrected chi connectivity index (χ0v) is 11.9. The summed E-state index contributed by atoms with van der Waals surface area (Å²) < 4.78 is 5.49. The molecule has 2 rings (SSSR count). The first-order chi connectivity index (χ1) is 10.3. The molecule has 2 aromatic rings. The summed E-state index contributed by atoms with van der Waals surface area (Å²) >= 11 is 0. The largest absolute Gasteiger partial charge is 0.491 e. The number of para-hydroxylation sites is 2. The predicted octanol–water partition coefficient (Wildman–Crippen LogP) is 2.40. The van der Waals surface area contributed by atoms with Crippen molar-refractivity contribution < 1.29 is 9.53 Å². The van der Waals surface area contributed by atoms with Crippen LogP contribution >= 0.6 is 0 Å². The van der Waals surface area contributed by atoms with Crippen LogP contribution in [0.25, 0.3) is 0 Å². The summed E-state index contributed by atoms with van der Waals surface area (Å²) in [5.74, 6) is 0.606. The fourth-order valence-electron chi connectivity index (χ4n) is 1.94. The minimum Gasteiger partial charge on any atom is -0.491 e. The van der Waals surface area contributed by atoms with E-state index in [-0.39, 0.29) is 5.91 Å². The molecule has 21 heavy (non-hydrogen) atoms. The molecule has 0 fully saturated rings. The number of benzene rings is 2. The van der Waals surface area contributed by atoms with Gasteiger partial charge in [-0.25, -0.2) is 0 Å². The van der Waals surface area contributed by atoms with Gasteiger partial charge in [0.1, 0.15) is 5.75 Å². The molecule has 0 aliphatic rings. The third-order valence-electron chi connectivity index (χ3n) is 3.08. The number of hydrogen-bond acceptors (Lipinski definition) is 3. The molecule has 0 atom stereocenters. The lowest BCUT2D eigenvalue weighted by Gasteiger charge is -2.09. The SMILES string of the molecule is Nc1ccccc1OCCC(=O)NCCc1ccccc1. The van der Waals surface area contributed by atoms with Gasteiger partial charge in [0.25, 0.3) is 0 Å². The fourth-order valence-corrected chi connectivity index (χ4v) is 1.94. The van der Waals surface area contributed by atoms with Crippen molar-refractivity contribution in [2.24, 2.45) is 0 Å². The molecule has 0 radical (unpaired) electrons. The van der Waals surface area contributed by atoms with E-state index in [2.05, 4.69) is 5.32 Å². The highest BCUT2D eigenvalue weighted by molar-refractivity contribution is 5.76. The number of amides is 1. The average molecular weight is 284 g/mol. The van der Waals surface area contributed by atoms with Gasteiger partial charge >= 0.3 is 0 Å². The van der Waals surface area contributed by atoms with Crippen LogP contribution < -0.4 is 15.8 Å². The molecular formula is C17H20N2O2. The summed E-state index contributed by atoms with van der Waals surface area (Å²) in [5, 5.41) is 2.88. The van der Waals surface area contributed by atoms with E-state index in [4.69, 9.17) is 10.5 Å². The summed E-state index contributed by atoms with van der Waals surface area (Å²) in [7, 11) is 0. The molecule has 0 aliphatic heterocycles. The molecule has 1 amide bonds. The van der Waals surface area contributed by atoms with Gasteiger partial charge in [-0.05, 0) is 24.1 Å². The molecule has 0 bridgehead atoms. The molecule has 4 nitrogen and oxygen atoms in total. The first-order valence-electron chi connectivity index (χ1n) is 7.03. The monoisotopic (exact) mass is 284 g/mol. The van der Waals surface area contributed by atoms with Crippen molar-refractivity contribution in [3.63, 3.8) is 0 Å². The van der Waals surface area contributed by atoms with Crippen molar-refractivity contribution in [3.05, 3.63) is 60.2 Å². The second-order valence-corrected chi connectivity index (χ2v) is 4.72. The first kappa shape index (κ1) is 14.9. The molecule has 0 saturated heterocycles. The molecule has 110 valence electrons. The zero-order valence-electron chi connectivity index (χ0n) is 11.9. The minimum absolute atomic E-state index is 0.0135. The Morgan fingerprint density at radius 3 is 2.52 bits per heavy atom. The molecule has 0 saturated carbocycles. The van der Waals surface area contributed by atoms with E-state index in [1.807, 2.05) is 42.5 Å². The maximum absolute atomic E-state index is 11.7. The number of ether oxygens (including phenoxy) is 1. The second-order valence-electron chi connectivity index (χ2n) is 4.72. The van der Waals surface area contributed by atoms with E-state index in [1.165, 1.54) is 5.56 Å². The summed E-state index contributed by atoms with van der Waals surface area (Å²) in [4.78, 5) is 11.7. The Bertz CT molecular complexity index is 570. The normalized spacial score (nSPS) is 10.1. The molecule has 0 spiro atoms. The van der Waals surface area contributed by atoms with Crippen LogP contribution in [0.2, 0.25) is 0 Å². The smallest absolute Gasteiger partial charge is 0.223 e. The lowest BCUT2D eigenvalue weighted by Crippen LogP contribution is -2.27. The summed E-state index contributed by atoms with van der Waals surface area (Å²) in [6.07, 6.45) is 1.15. The van der Waals surface area contributed by atoms with Crippen molar-refractivity contribution in [1.82, 2.24) is 5.32 Å². The Balaban J connectivity index is 1.63. The lowest BCUT2D eigenvalue weighted by atomic mass is 10.1. The maximum Gasteiger partial charge on any atom is 0.223 e. The fraction of sp³-hybridized carbons (Fsp3) is 0.235. The van der Waals surface area contributed by atoms with Crippen LogP contribution in [-0.2, 0) is 11.2 Å². The maximum atomic E-state index is 11.7. The molecular weight excluding hydrogens is 264 g/mol. The van der Waals surface area contributed by atoms with Crippen LogP contribution in [0.4, 0.5) is 5.69 Å². The van der Waals surface area contributed by atoms with Crippen molar-refractivity contribution in [2.75, 3.05) is 18.9 Å². The van der Waals surface area contributed by atoms with Gasteiger partial charge < -0.3 is 15.8 Å². The molecule has 0 heterocycles. The number of nitrogen functional groups attached to an aromatic ring is 1. The Morgan fingerprint density at radius 2 is 1.76 bits per heavy atom. The molecule has 4 heteroatoms. The molecule has 3 N–H and O–H groups in total. The van der Waals surface area contributed by atoms with Crippen LogP contribution in [0.3, 0.4) is 0 Å². The van der Waals surface area contributed by atoms with Gasteiger partial charge in [-0.1, -0.05) is 42.5 Å². The van der Waals surface area contributed by atoms with Gasteiger partial charge in [-0.15, -0.1) is 0 Å². The predicted molar refractivity (Wildman–Crippen MR) is 84.1 cm³/mol. The average Bonchev–Trinajstić information content (AvgIpc) is 2.50. The van der Waals surface area contributed by atoms with Gasteiger partial charge in [0.2, 0.25) is 5.91 Å². The number of hydrogen-bond donors (Lipinski definition) is 2. The number of rotatable bonds is 7. The Morgan fingerprint density at radius 1 is 1.05 bits per heavy atom. The van der Waals surface area contributed by atoms with E-state index in [1.54, 1.807) is 12.1 Å². The summed E-state index contributed by atoms with van der Waals surface area (Å²) in [6, 6.07) is 17.3. The van der Waals surface area contributed by atoms with Crippen molar-refractivity contribution >= 4 is 11.6 Å². The van der Waals surface area contributed by atoms with Crippen LogP contribution in [0.1, 0.15) is 12.0 Å². The van der Waals surface area contributed by atoms with Crippen molar-refractivity contribution in [3.8, 4) is 5.75 Å². The Labute approximate surface area is 124 Å². The standard InChI is InChI=1S/C17H20N2O2/c18-15-8-4-5-9-16(15)21-13-11-17(20)19-12-10-14-6-2-1-3-7-14/h1-9H,10-13,18H2,(H,19,20). The lowest BCUT2D eigenvalue weighted by molar-refractivity contribution is -0.121. The van der Waals surface area contributed by atoms with E-state index >= 15 is 0 Å². The van der Waals surface area contributed by atoms with Crippen molar-refractivity contribution in [1.29, 1.82) is 0 Å². The van der Waals surface area contributed by atoms with E-state index in [9.17, 15) is 4.79 Å². The quantitative estimate of drug-likeness (QED) is 0.767. The summed E-state index contributed by atoms with van der Waals surface area (Å²) in [5.41, 5.74) is 7.56. The zero-order chi connectivity index (χ0) is 14.9. The molecule has 2 aromatic carbocycles. The highest BCUT2D eigenvalue weighted by Crippen LogP contribution is 2.19. The number of carbonyl (C=O) groups is 1. The van der Waals surface area contributed by atoms with E-state index in [0.29, 0.717) is 31.0 Å². The molecule has 0 aliphatic carbocycles. The Kier molecular flexibility index (Phi) is 5.64. The van der Waals surface area contributed by atoms with Gasteiger partial charge in [0.05, 0.1) is 18.7 Å². The topological polar surface area (TPSA) is 64.3 Å². The molecule has 0 unspecified atom stereocenters. The highest BCUT2D eigenvalue weighted by atomic mass is 16.5. The van der Waals surface area contributed by atoms with Crippen molar-refractivity contribution in [2.45, 2.75) is 12.8 Å². The number of nitrogens with one attached hydrogen (secondary N) is 1. The van der Waals surface area contributed by atoms with Crippen LogP contribution in [0.15, 0.2) is 54.6 Å². The third-order valence-corrected chi connectivity index (χ3v) is 3.08. The van der Waals surface area contributed by atoms with Crippen LogP contribution in [0.5, 0.6) is 5.75 Å². The third kappa shape index (κ3) is 5.18. The first-order valence-corrected chi connectivity index (χ1v) is 7.03. The van der Waals surface area contributed by atoms with Gasteiger partial charge in [0.15, 0.2) is 0 Å². The van der Waals surface area contributed by atoms with E-state index in [0.717, 1.165) is 6.42 Å². The van der Waals surface area contributed by atoms with Crippen LogP contribution in [-0.4, -0.2) is 19.1 Å². The second kappa shape index (κ2) is 7.94. The Hall–Kier alpha value is -2.49. The van der Waals surface area contributed by atoms with Gasteiger partial charge in [-0.2, -0.15) is 0 Å². The molecule has 0 aromatic heterocycles. The van der Waals surface area contributed by atoms with Gasteiger partial charge in [-0.3, -0.25) is 4.79 Å².